The lowest BCUT2D eigenvalue weighted by molar-refractivity contribution is -0.130. The van der Waals surface area contributed by atoms with Crippen LogP contribution in [0, 0.1) is 11.6 Å². The zero-order chi connectivity index (χ0) is 18.7. The van der Waals surface area contributed by atoms with Crippen molar-refractivity contribution in [3.63, 3.8) is 0 Å². The van der Waals surface area contributed by atoms with Gasteiger partial charge in [-0.1, -0.05) is 0 Å². The fraction of sp³-hybridized carbons (Fsp3) is 0.556. The van der Waals surface area contributed by atoms with Crippen LogP contribution in [0.15, 0.2) is 23.2 Å². The van der Waals surface area contributed by atoms with Crippen LogP contribution in [0.4, 0.5) is 8.78 Å². The van der Waals surface area contributed by atoms with Crippen molar-refractivity contribution in [3.8, 4) is 0 Å². The van der Waals surface area contributed by atoms with Gasteiger partial charge in [-0.3, -0.25) is 9.79 Å². The van der Waals surface area contributed by atoms with Gasteiger partial charge in [-0.15, -0.1) is 24.0 Å². The second-order valence-electron chi connectivity index (χ2n) is 5.49. The second kappa shape index (κ2) is 13.7. The number of hydrogen-bond acceptors (Lipinski definition) is 2. The Labute approximate surface area is 171 Å². The average molecular weight is 482 g/mol. The zero-order valence-corrected chi connectivity index (χ0v) is 18.0. The van der Waals surface area contributed by atoms with Gasteiger partial charge in [0.2, 0.25) is 5.91 Å². The maximum atomic E-state index is 13.6. The van der Waals surface area contributed by atoms with E-state index >= 15 is 0 Å². The van der Waals surface area contributed by atoms with E-state index in [-0.39, 0.29) is 29.9 Å². The largest absolute Gasteiger partial charge is 0.357 e. The quantitative estimate of drug-likeness (QED) is 0.324. The molecule has 0 bridgehead atoms. The van der Waals surface area contributed by atoms with E-state index < -0.39 is 11.6 Å². The van der Waals surface area contributed by atoms with Crippen LogP contribution in [0.5, 0.6) is 0 Å². The Bertz CT molecular complexity index is 580. The maximum absolute atomic E-state index is 13.6. The van der Waals surface area contributed by atoms with E-state index in [0.29, 0.717) is 57.1 Å². The molecule has 1 rings (SSSR count). The molecule has 8 heteroatoms. The topological polar surface area (TPSA) is 56.7 Å². The summed E-state index contributed by atoms with van der Waals surface area (Å²) in [7, 11) is 0. The molecule has 0 saturated heterocycles. The monoisotopic (exact) mass is 482 g/mol. The summed E-state index contributed by atoms with van der Waals surface area (Å²) in [5.74, 6) is -0.236. The number of carbonyl (C=O) groups excluding carboxylic acids is 1. The molecule has 0 spiro atoms. The van der Waals surface area contributed by atoms with Crippen molar-refractivity contribution >= 4 is 35.8 Å². The Kier molecular flexibility index (Phi) is 12.9. The summed E-state index contributed by atoms with van der Waals surface area (Å²) in [4.78, 5) is 18.1. The summed E-state index contributed by atoms with van der Waals surface area (Å²) in [6, 6.07) is 3.43. The number of guanidine groups is 1. The number of aliphatic imine (C=N–C) groups is 1. The van der Waals surface area contributed by atoms with Crippen molar-refractivity contribution < 1.29 is 13.6 Å². The van der Waals surface area contributed by atoms with Crippen LogP contribution >= 0.6 is 24.0 Å². The first-order valence-corrected chi connectivity index (χ1v) is 8.75. The molecule has 0 aliphatic heterocycles. The molecule has 26 heavy (non-hydrogen) atoms. The molecule has 5 nitrogen and oxygen atoms in total. The predicted octanol–water partition coefficient (Wildman–Crippen LogP) is 2.94. The van der Waals surface area contributed by atoms with Crippen molar-refractivity contribution in [2.45, 2.75) is 33.6 Å². The van der Waals surface area contributed by atoms with Gasteiger partial charge in [-0.25, -0.2) is 8.78 Å². The van der Waals surface area contributed by atoms with Crippen LogP contribution in [0.2, 0.25) is 0 Å². The Morgan fingerprint density at radius 2 is 1.85 bits per heavy atom. The first-order valence-electron chi connectivity index (χ1n) is 8.75. The van der Waals surface area contributed by atoms with Gasteiger partial charge in [0.25, 0.3) is 0 Å². The SMILES string of the molecule is CCNC(=NCCC(=O)N(CC)CC)NCCc1cc(F)ccc1F.I. The maximum Gasteiger partial charge on any atom is 0.224 e. The molecule has 0 saturated carbocycles. The summed E-state index contributed by atoms with van der Waals surface area (Å²) in [6.07, 6.45) is 0.684. The minimum Gasteiger partial charge on any atom is -0.357 e. The number of nitrogens with one attached hydrogen (secondary N) is 2. The first-order chi connectivity index (χ1) is 12.0. The van der Waals surface area contributed by atoms with E-state index in [2.05, 4.69) is 15.6 Å². The minimum absolute atomic E-state index is 0. The molecule has 0 unspecified atom stereocenters. The van der Waals surface area contributed by atoms with E-state index in [1.54, 1.807) is 4.90 Å². The highest BCUT2D eigenvalue weighted by Crippen LogP contribution is 2.09. The van der Waals surface area contributed by atoms with E-state index in [1.165, 1.54) is 6.07 Å². The van der Waals surface area contributed by atoms with E-state index in [4.69, 9.17) is 0 Å². The van der Waals surface area contributed by atoms with Crippen LogP contribution in [-0.4, -0.2) is 49.5 Å². The molecular formula is C18H29F2IN4O. The Balaban J connectivity index is 0.00000625. The lowest BCUT2D eigenvalue weighted by atomic mass is 10.1. The summed E-state index contributed by atoms with van der Waals surface area (Å²) >= 11 is 0. The molecule has 0 aliphatic carbocycles. The lowest BCUT2D eigenvalue weighted by Gasteiger charge is -2.18. The third-order valence-electron chi connectivity index (χ3n) is 3.75. The summed E-state index contributed by atoms with van der Waals surface area (Å²) in [5.41, 5.74) is 0.319. The highest BCUT2D eigenvalue weighted by Gasteiger charge is 2.09. The van der Waals surface area contributed by atoms with Crippen molar-refractivity contribution in [3.05, 3.63) is 35.4 Å². The molecule has 1 aromatic rings. The summed E-state index contributed by atoms with van der Waals surface area (Å²) in [6.45, 7) is 8.67. The van der Waals surface area contributed by atoms with Crippen LogP contribution < -0.4 is 10.6 Å². The Morgan fingerprint density at radius 1 is 1.15 bits per heavy atom. The molecular weight excluding hydrogens is 453 g/mol. The second-order valence-corrected chi connectivity index (χ2v) is 5.49. The number of nitrogens with zero attached hydrogens (tertiary/aromatic N) is 2. The van der Waals surface area contributed by atoms with Crippen molar-refractivity contribution in [1.82, 2.24) is 15.5 Å². The van der Waals surface area contributed by atoms with Gasteiger partial charge in [0, 0.05) is 32.6 Å². The minimum atomic E-state index is -0.452. The molecule has 2 N–H and O–H groups in total. The summed E-state index contributed by atoms with van der Waals surface area (Å²) < 4.78 is 26.8. The Morgan fingerprint density at radius 3 is 2.46 bits per heavy atom. The van der Waals surface area contributed by atoms with Crippen LogP contribution in [-0.2, 0) is 11.2 Å². The van der Waals surface area contributed by atoms with Gasteiger partial charge < -0.3 is 15.5 Å². The standard InChI is InChI=1S/C18H28F2N4O.HI/c1-4-21-18(23-12-10-17(25)24(5-2)6-3)22-11-9-14-13-15(19)7-8-16(14)20;/h7-8,13H,4-6,9-12H2,1-3H3,(H2,21,22,23);1H. The number of rotatable bonds is 9. The summed E-state index contributed by atoms with van der Waals surface area (Å²) in [5, 5.41) is 6.14. The van der Waals surface area contributed by atoms with Crippen molar-refractivity contribution in [2.24, 2.45) is 4.99 Å². The number of hydrogen-bond donors (Lipinski definition) is 2. The average Bonchev–Trinajstić information content (AvgIpc) is 2.59. The fourth-order valence-corrected chi connectivity index (χ4v) is 2.39. The highest BCUT2D eigenvalue weighted by molar-refractivity contribution is 14.0. The molecule has 0 atom stereocenters. The van der Waals surface area contributed by atoms with Crippen molar-refractivity contribution in [1.29, 1.82) is 0 Å². The van der Waals surface area contributed by atoms with Gasteiger partial charge in [0.1, 0.15) is 11.6 Å². The van der Waals surface area contributed by atoms with E-state index in [0.717, 1.165) is 12.1 Å². The zero-order valence-electron chi connectivity index (χ0n) is 15.6. The van der Waals surface area contributed by atoms with Gasteiger partial charge >= 0.3 is 0 Å². The van der Waals surface area contributed by atoms with E-state index in [1.807, 2.05) is 20.8 Å². The molecule has 1 aromatic carbocycles. The first kappa shape index (κ1) is 24.6. The number of benzene rings is 1. The van der Waals surface area contributed by atoms with Gasteiger partial charge in [0.05, 0.1) is 6.54 Å². The van der Waals surface area contributed by atoms with Gasteiger partial charge in [0.15, 0.2) is 5.96 Å². The predicted molar refractivity (Wildman–Crippen MR) is 112 cm³/mol. The molecule has 0 radical (unpaired) electrons. The molecule has 0 aliphatic rings. The third kappa shape index (κ3) is 8.77. The molecule has 148 valence electrons. The molecule has 0 aromatic heterocycles. The molecule has 0 fully saturated rings. The lowest BCUT2D eigenvalue weighted by Crippen LogP contribution is -2.38. The molecule has 1 amide bonds. The van der Waals surface area contributed by atoms with E-state index in [9.17, 15) is 13.6 Å². The smallest absolute Gasteiger partial charge is 0.224 e. The third-order valence-corrected chi connectivity index (χ3v) is 3.75. The van der Waals surface area contributed by atoms with Crippen LogP contribution in [0.3, 0.4) is 0 Å². The molecule has 0 heterocycles. The fourth-order valence-electron chi connectivity index (χ4n) is 2.39. The number of halogens is 3. The van der Waals surface area contributed by atoms with Crippen molar-refractivity contribution in [2.75, 3.05) is 32.7 Å². The highest BCUT2D eigenvalue weighted by atomic mass is 127. The normalized spacial score (nSPS) is 10.9. The number of carbonyl (C=O) groups is 1. The Hall–Kier alpha value is -1.45. The van der Waals surface area contributed by atoms with Gasteiger partial charge in [-0.2, -0.15) is 0 Å². The van der Waals surface area contributed by atoms with Crippen LogP contribution in [0.25, 0.3) is 0 Å². The number of amides is 1. The van der Waals surface area contributed by atoms with Gasteiger partial charge in [-0.05, 0) is 51.0 Å². The van der Waals surface area contributed by atoms with Crippen LogP contribution in [0.1, 0.15) is 32.8 Å².